The Bertz CT molecular complexity index is 976. The van der Waals surface area contributed by atoms with Gasteiger partial charge in [-0.2, -0.15) is 5.26 Å². The summed E-state index contributed by atoms with van der Waals surface area (Å²) in [6.45, 7) is 3.85. The van der Waals surface area contributed by atoms with E-state index in [0.29, 0.717) is 29.7 Å². The summed E-state index contributed by atoms with van der Waals surface area (Å²) < 4.78 is 11.6. The fourth-order valence-electron chi connectivity index (χ4n) is 3.44. The van der Waals surface area contributed by atoms with Gasteiger partial charge in [-0.3, -0.25) is 4.90 Å². The van der Waals surface area contributed by atoms with Crippen molar-refractivity contribution in [3.63, 3.8) is 0 Å². The highest BCUT2D eigenvalue weighted by molar-refractivity contribution is 5.36. The first-order chi connectivity index (χ1) is 13.2. The first kappa shape index (κ1) is 17.3. The van der Waals surface area contributed by atoms with Crippen molar-refractivity contribution in [2.45, 2.75) is 25.9 Å². The Morgan fingerprint density at radius 3 is 2.81 bits per heavy atom. The number of aryl methyl sites for hydroxylation is 1. The maximum atomic E-state index is 9.01. The largest absolute Gasteiger partial charge is 0.492 e. The van der Waals surface area contributed by atoms with Crippen LogP contribution >= 0.6 is 0 Å². The number of fused-ring (bicyclic) bond motifs is 1. The van der Waals surface area contributed by atoms with Gasteiger partial charge in [0.15, 0.2) is 0 Å². The molecule has 2 heterocycles. The Balaban J connectivity index is 1.49. The minimum absolute atomic E-state index is 0.0372. The Morgan fingerprint density at radius 1 is 1.19 bits per heavy atom. The Morgan fingerprint density at radius 2 is 2.04 bits per heavy atom. The summed E-state index contributed by atoms with van der Waals surface area (Å²) in [4.78, 5) is 2.31. The van der Waals surface area contributed by atoms with Crippen LogP contribution in [0.5, 0.6) is 5.75 Å². The van der Waals surface area contributed by atoms with Crippen LogP contribution in [0.4, 0.5) is 0 Å². The van der Waals surface area contributed by atoms with E-state index in [0.717, 1.165) is 19.5 Å². The summed E-state index contributed by atoms with van der Waals surface area (Å²) in [6.07, 6.45) is 0.835. The van der Waals surface area contributed by atoms with Crippen molar-refractivity contribution in [1.82, 2.24) is 15.1 Å². The molecule has 27 heavy (non-hydrogen) atoms. The number of rotatable bonds is 5. The third kappa shape index (κ3) is 3.83. The van der Waals surface area contributed by atoms with Crippen LogP contribution in [-0.4, -0.2) is 28.2 Å². The lowest BCUT2D eigenvalue weighted by atomic mass is 9.94. The lowest BCUT2D eigenvalue weighted by molar-refractivity contribution is 0.121. The first-order valence-electron chi connectivity index (χ1n) is 8.97. The molecule has 6 heteroatoms. The summed E-state index contributed by atoms with van der Waals surface area (Å²) in [7, 11) is 0. The molecule has 3 aromatic rings. The molecule has 0 radical (unpaired) electrons. The number of hydrogen-bond acceptors (Lipinski definition) is 6. The van der Waals surface area contributed by atoms with Gasteiger partial charge in [-0.25, -0.2) is 0 Å². The zero-order valence-electron chi connectivity index (χ0n) is 15.1. The van der Waals surface area contributed by atoms with Crippen molar-refractivity contribution in [3.05, 3.63) is 77.0 Å². The van der Waals surface area contributed by atoms with Crippen LogP contribution in [0.2, 0.25) is 0 Å². The summed E-state index contributed by atoms with van der Waals surface area (Å²) in [5.74, 6) is 1.93. The number of hydrogen-bond donors (Lipinski definition) is 0. The van der Waals surface area contributed by atoms with Gasteiger partial charge < -0.3 is 9.15 Å². The highest BCUT2D eigenvalue weighted by Crippen LogP contribution is 2.32. The van der Waals surface area contributed by atoms with Crippen molar-refractivity contribution in [2.24, 2.45) is 0 Å². The number of aromatic nitrogens is 2. The van der Waals surface area contributed by atoms with Crippen LogP contribution in [0.1, 0.15) is 34.5 Å². The standard InChI is InChI=1S/C21H20N4O2/c1-15-23-24-21(27-15)20-12-17-6-2-3-7-18(17)14-25(20)9-10-26-19-8-4-5-16(11-19)13-22/h2-8,11,20H,9-10,12,14H2,1H3. The van der Waals surface area contributed by atoms with E-state index in [1.807, 2.05) is 19.1 Å². The van der Waals surface area contributed by atoms with Gasteiger partial charge in [-0.1, -0.05) is 30.3 Å². The number of ether oxygens (including phenoxy) is 1. The van der Waals surface area contributed by atoms with Gasteiger partial charge in [0.2, 0.25) is 11.8 Å². The van der Waals surface area contributed by atoms with Crippen molar-refractivity contribution in [1.29, 1.82) is 5.26 Å². The van der Waals surface area contributed by atoms with Gasteiger partial charge in [0, 0.05) is 20.0 Å². The van der Waals surface area contributed by atoms with E-state index in [4.69, 9.17) is 14.4 Å². The van der Waals surface area contributed by atoms with Crippen LogP contribution in [-0.2, 0) is 13.0 Å². The molecular weight excluding hydrogens is 340 g/mol. The molecule has 0 fully saturated rings. The molecule has 1 atom stereocenters. The smallest absolute Gasteiger partial charge is 0.233 e. The molecule has 0 aliphatic carbocycles. The predicted octanol–water partition coefficient (Wildman–Crippen LogP) is 3.43. The van der Waals surface area contributed by atoms with E-state index in [1.165, 1.54) is 11.1 Å². The fourth-order valence-corrected chi connectivity index (χ4v) is 3.44. The quantitative estimate of drug-likeness (QED) is 0.694. The zero-order chi connectivity index (χ0) is 18.6. The van der Waals surface area contributed by atoms with Crippen LogP contribution < -0.4 is 4.74 Å². The molecule has 0 N–H and O–H groups in total. The minimum atomic E-state index is 0.0372. The van der Waals surface area contributed by atoms with Gasteiger partial charge in [0.05, 0.1) is 17.7 Å². The Hall–Kier alpha value is -3.17. The summed E-state index contributed by atoms with van der Waals surface area (Å²) >= 11 is 0. The normalized spacial score (nSPS) is 16.5. The van der Waals surface area contributed by atoms with Crippen LogP contribution in [0.25, 0.3) is 0 Å². The van der Waals surface area contributed by atoms with Crippen molar-refractivity contribution in [3.8, 4) is 11.8 Å². The van der Waals surface area contributed by atoms with Crippen molar-refractivity contribution < 1.29 is 9.15 Å². The molecular formula is C21H20N4O2. The van der Waals surface area contributed by atoms with Gasteiger partial charge >= 0.3 is 0 Å². The summed E-state index contributed by atoms with van der Waals surface area (Å²) in [5, 5.41) is 17.3. The number of nitrogens with zero attached hydrogens (tertiary/aromatic N) is 4. The minimum Gasteiger partial charge on any atom is -0.492 e. The molecule has 6 nitrogen and oxygen atoms in total. The van der Waals surface area contributed by atoms with Gasteiger partial charge in [0.25, 0.3) is 0 Å². The highest BCUT2D eigenvalue weighted by Gasteiger charge is 2.30. The van der Waals surface area contributed by atoms with Crippen LogP contribution in [0, 0.1) is 18.3 Å². The van der Waals surface area contributed by atoms with E-state index in [9.17, 15) is 0 Å². The lowest BCUT2D eigenvalue weighted by Crippen LogP contribution is -2.37. The van der Waals surface area contributed by atoms with Gasteiger partial charge in [-0.05, 0) is 35.7 Å². The van der Waals surface area contributed by atoms with Crippen LogP contribution in [0.15, 0.2) is 52.9 Å². The van der Waals surface area contributed by atoms with E-state index in [1.54, 1.807) is 12.1 Å². The molecule has 1 aliphatic heterocycles. The molecule has 4 rings (SSSR count). The average molecular weight is 360 g/mol. The van der Waals surface area contributed by atoms with Crippen molar-refractivity contribution >= 4 is 0 Å². The molecule has 1 aliphatic rings. The molecule has 0 amide bonds. The maximum absolute atomic E-state index is 9.01. The molecule has 136 valence electrons. The zero-order valence-corrected chi connectivity index (χ0v) is 15.1. The van der Waals surface area contributed by atoms with Crippen molar-refractivity contribution in [2.75, 3.05) is 13.2 Å². The second-order valence-corrected chi connectivity index (χ2v) is 6.61. The summed E-state index contributed by atoms with van der Waals surface area (Å²) in [6, 6.07) is 17.8. The molecule has 0 saturated heterocycles. The molecule has 0 spiro atoms. The number of nitriles is 1. The average Bonchev–Trinajstić information content (AvgIpc) is 3.14. The van der Waals surface area contributed by atoms with Gasteiger partial charge in [-0.15, -0.1) is 10.2 Å². The predicted molar refractivity (Wildman–Crippen MR) is 99.0 cm³/mol. The molecule has 1 unspecified atom stereocenters. The second kappa shape index (κ2) is 7.60. The monoisotopic (exact) mass is 360 g/mol. The molecule has 0 saturated carbocycles. The fraction of sp³-hybridized carbons (Fsp3) is 0.286. The second-order valence-electron chi connectivity index (χ2n) is 6.61. The topological polar surface area (TPSA) is 75.2 Å². The number of benzene rings is 2. The third-order valence-corrected chi connectivity index (χ3v) is 4.78. The Kier molecular flexibility index (Phi) is 4.86. The maximum Gasteiger partial charge on any atom is 0.233 e. The van der Waals surface area contributed by atoms with Crippen LogP contribution in [0.3, 0.4) is 0 Å². The highest BCUT2D eigenvalue weighted by atomic mass is 16.5. The van der Waals surface area contributed by atoms with E-state index >= 15 is 0 Å². The SMILES string of the molecule is Cc1nnc(C2Cc3ccccc3CN2CCOc2cccc(C#N)c2)o1. The Labute approximate surface area is 158 Å². The molecule has 2 aromatic carbocycles. The first-order valence-corrected chi connectivity index (χ1v) is 8.97. The van der Waals surface area contributed by atoms with Gasteiger partial charge in [0.1, 0.15) is 12.4 Å². The van der Waals surface area contributed by atoms with E-state index in [-0.39, 0.29) is 6.04 Å². The summed E-state index contributed by atoms with van der Waals surface area (Å²) in [5.41, 5.74) is 3.23. The lowest BCUT2D eigenvalue weighted by Gasteiger charge is -2.34. The van der Waals surface area contributed by atoms with E-state index < -0.39 is 0 Å². The molecule has 1 aromatic heterocycles. The third-order valence-electron chi connectivity index (χ3n) is 4.78. The van der Waals surface area contributed by atoms with E-state index in [2.05, 4.69) is 45.4 Å². The molecule has 0 bridgehead atoms.